The molecule has 1 unspecified atom stereocenters. The number of ether oxygens (including phenoxy) is 1. The molecule has 23 heavy (non-hydrogen) atoms. The number of fused-ring (bicyclic) bond motifs is 1. The molecule has 0 radical (unpaired) electrons. The highest BCUT2D eigenvalue weighted by atomic mass is 31.2. The van der Waals surface area contributed by atoms with Crippen molar-refractivity contribution in [3.05, 3.63) is 42.5 Å². The van der Waals surface area contributed by atoms with Gasteiger partial charge in [-0.1, -0.05) is 56.2 Å². The topological polar surface area (TPSA) is 65.0 Å². The van der Waals surface area contributed by atoms with Crippen molar-refractivity contribution in [3.63, 3.8) is 0 Å². The van der Waals surface area contributed by atoms with E-state index in [2.05, 4.69) is 6.92 Å². The van der Waals surface area contributed by atoms with E-state index in [1.54, 1.807) is 0 Å². The van der Waals surface area contributed by atoms with Crippen molar-refractivity contribution in [3.8, 4) is 5.75 Å². The van der Waals surface area contributed by atoms with Crippen LogP contribution in [0.5, 0.6) is 5.75 Å². The van der Waals surface area contributed by atoms with E-state index in [1.807, 2.05) is 42.5 Å². The maximum absolute atomic E-state index is 11.7. The van der Waals surface area contributed by atoms with Gasteiger partial charge in [0.25, 0.3) is 0 Å². The third-order valence-corrected chi connectivity index (χ3v) is 4.37. The Balaban J connectivity index is 1.77. The lowest BCUT2D eigenvalue weighted by Crippen LogP contribution is -2.07. The van der Waals surface area contributed by atoms with Crippen LogP contribution >= 0.6 is 7.82 Å². The molecule has 0 aliphatic carbocycles. The molecular weight excluding hydrogens is 315 g/mol. The van der Waals surface area contributed by atoms with Crippen LogP contribution in [0, 0.1) is 0 Å². The normalized spacial score (nSPS) is 13.8. The molecule has 0 amide bonds. The van der Waals surface area contributed by atoms with Crippen molar-refractivity contribution in [2.45, 2.75) is 26.2 Å². The van der Waals surface area contributed by atoms with E-state index < -0.39 is 7.82 Å². The summed E-state index contributed by atoms with van der Waals surface area (Å²) in [6.07, 6.45) is 2.74. The molecule has 6 heteroatoms. The molecule has 0 bridgehead atoms. The highest BCUT2D eigenvalue weighted by Gasteiger charge is 2.20. The Hall–Kier alpha value is -1.39. The summed E-state index contributed by atoms with van der Waals surface area (Å²) < 4.78 is 27.1. The van der Waals surface area contributed by atoms with Gasteiger partial charge in [-0.25, -0.2) is 4.57 Å². The van der Waals surface area contributed by atoms with Gasteiger partial charge in [0.15, 0.2) is 0 Å². The van der Waals surface area contributed by atoms with Crippen molar-refractivity contribution in [1.82, 2.24) is 0 Å². The standard InChI is InChI=1S/C17H23O5P/c1-2-3-6-12-21-23(18,19)22-14-13-20-17-11-7-9-15-8-4-5-10-16(15)17/h4-5,7-11H,2-3,6,12-14H2,1H3,(H,18,19). The number of benzene rings is 2. The summed E-state index contributed by atoms with van der Waals surface area (Å²) >= 11 is 0. The van der Waals surface area contributed by atoms with E-state index in [0.29, 0.717) is 0 Å². The summed E-state index contributed by atoms with van der Waals surface area (Å²) in [6, 6.07) is 13.7. The Morgan fingerprint density at radius 2 is 1.70 bits per heavy atom. The van der Waals surface area contributed by atoms with Gasteiger partial charge in [-0.15, -0.1) is 0 Å². The fourth-order valence-corrected chi connectivity index (χ4v) is 2.93. The minimum absolute atomic E-state index is 0.00915. The van der Waals surface area contributed by atoms with E-state index >= 15 is 0 Å². The van der Waals surface area contributed by atoms with E-state index in [0.717, 1.165) is 35.8 Å². The van der Waals surface area contributed by atoms with E-state index in [-0.39, 0.29) is 19.8 Å². The van der Waals surface area contributed by atoms with Crippen molar-refractivity contribution >= 4 is 18.6 Å². The van der Waals surface area contributed by atoms with Gasteiger partial charge < -0.3 is 9.63 Å². The molecule has 0 saturated heterocycles. The molecule has 1 N–H and O–H groups in total. The zero-order chi connectivity index (χ0) is 16.5. The Morgan fingerprint density at radius 1 is 0.957 bits per heavy atom. The molecule has 0 aliphatic rings. The van der Waals surface area contributed by atoms with Gasteiger partial charge in [-0.2, -0.15) is 0 Å². The van der Waals surface area contributed by atoms with Crippen molar-refractivity contribution in [2.75, 3.05) is 19.8 Å². The van der Waals surface area contributed by atoms with Gasteiger partial charge in [0, 0.05) is 5.39 Å². The van der Waals surface area contributed by atoms with Crippen LogP contribution < -0.4 is 4.74 Å². The molecule has 2 rings (SSSR count). The second-order valence-corrected chi connectivity index (χ2v) is 6.62. The predicted molar refractivity (Wildman–Crippen MR) is 90.7 cm³/mol. The molecule has 126 valence electrons. The second kappa shape index (κ2) is 9.04. The van der Waals surface area contributed by atoms with Gasteiger partial charge in [-0.05, 0) is 17.9 Å². The Labute approximate surface area is 136 Å². The van der Waals surface area contributed by atoms with Crippen LogP contribution in [-0.2, 0) is 13.6 Å². The Kier molecular flexibility index (Phi) is 7.06. The van der Waals surface area contributed by atoms with Gasteiger partial charge in [0.1, 0.15) is 12.4 Å². The molecule has 0 aliphatic heterocycles. The molecule has 2 aromatic carbocycles. The monoisotopic (exact) mass is 338 g/mol. The maximum Gasteiger partial charge on any atom is 0.472 e. The SMILES string of the molecule is CCCCCOP(=O)(O)OCCOc1cccc2ccccc12. The first kappa shape index (κ1) is 18.0. The lowest BCUT2D eigenvalue weighted by molar-refractivity contribution is 0.128. The number of rotatable bonds is 10. The lowest BCUT2D eigenvalue weighted by atomic mass is 10.1. The van der Waals surface area contributed by atoms with Crippen molar-refractivity contribution in [2.24, 2.45) is 0 Å². The van der Waals surface area contributed by atoms with E-state index in [1.165, 1.54) is 0 Å². The summed E-state index contributed by atoms with van der Waals surface area (Å²) in [4.78, 5) is 9.54. The van der Waals surface area contributed by atoms with E-state index in [9.17, 15) is 9.46 Å². The van der Waals surface area contributed by atoms with Crippen molar-refractivity contribution in [1.29, 1.82) is 0 Å². The minimum Gasteiger partial charge on any atom is -0.491 e. The molecule has 2 aromatic rings. The molecule has 5 nitrogen and oxygen atoms in total. The van der Waals surface area contributed by atoms with Gasteiger partial charge >= 0.3 is 7.82 Å². The molecule has 0 aromatic heterocycles. The summed E-state index contributed by atoms with van der Waals surface area (Å²) in [5.41, 5.74) is 0. The molecular formula is C17H23O5P. The molecule has 0 heterocycles. The molecule has 1 atom stereocenters. The van der Waals surface area contributed by atoms with Gasteiger partial charge in [-0.3, -0.25) is 9.05 Å². The number of unbranched alkanes of at least 4 members (excludes halogenated alkanes) is 2. The molecule has 0 spiro atoms. The zero-order valence-electron chi connectivity index (χ0n) is 13.3. The molecule has 0 saturated carbocycles. The number of hydrogen-bond acceptors (Lipinski definition) is 4. The smallest absolute Gasteiger partial charge is 0.472 e. The van der Waals surface area contributed by atoms with E-state index in [4.69, 9.17) is 13.8 Å². The highest BCUT2D eigenvalue weighted by Crippen LogP contribution is 2.43. The second-order valence-electron chi connectivity index (χ2n) is 5.17. The summed E-state index contributed by atoms with van der Waals surface area (Å²) in [5.74, 6) is 0.725. The number of phosphoric ester groups is 1. The summed E-state index contributed by atoms with van der Waals surface area (Å²) in [6.45, 7) is 2.45. The van der Waals surface area contributed by atoms with Crippen LogP contribution in [0.3, 0.4) is 0 Å². The fourth-order valence-electron chi connectivity index (χ4n) is 2.20. The van der Waals surface area contributed by atoms with Crippen LogP contribution in [0.25, 0.3) is 10.8 Å². The van der Waals surface area contributed by atoms with Crippen LogP contribution in [0.1, 0.15) is 26.2 Å². The highest BCUT2D eigenvalue weighted by molar-refractivity contribution is 7.47. The Morgan fingerprint density at radius 3 is 2.52 bits per heavy atom. The third-order valence-electron chi connectivity index (χ3n) is 3.35. The average Bonchev–Trinajstić information content (AvgIpc) is 2.56. The lowest BCUT2D eigenvalue weighted by Gasteiger charge is -2.13. The van der Waals surface area contributed by atoms with Crippen LogP contribution in [-0.4, -0.2) is 24.7 Å². The zero-order valence-corrected chi connectivity index (χ0v) is 14.2. The summed E-state index contributed by atoms with van der Waals surface area (Å²) in [5, 5.41) is 2.08. The van der Waals surface area contributed by atoms with Crippen LogP contribution in [0.2, 0.25) is 0 Å². The first-order valence-corrected chi connectivity index (χ1v) is 9.34. The Bertz CT molecular complexity index is 653. The quantitative estimate of drug-likeness (QED) is 0.509. The number of phosphoric acid groups is 1. The van der Waals surface area contributed by atoms with Gasteiger partial charge in [0.2, 0.25) is 0 Å². The maximum atomic E-state index is 11.7. The molecule has 0 fully saturated rings. The third kappa shape index (κ3) is 5.96. The minimum atomic E-state index is -3.98. The largest absolute Gasteiger partial charge is 0.491 e. The van der Waals surface area contributed by atoms with Crippen LogP contribution in [0.4, 0.5) is 0 Å². The fraction of sp³-hybridized carbons (Fsp3) is 0.412. The summed E-state index contributed by atoms with van der Waals surface area (Å²) in [7, 11) is -3.98. The predicted octanol–water partition coefficient (Wildman–Crippen LogP) is 4.54. The first-order valence-electron chi connectivity index (χ1n) is 7.85. The average molecular weight is 338 g/mol. The van der Waals surface area contributed by atoms with Crippen LogP contribution in [0.15, 0.2) is 42.5 Å². The number of hydrogen-bond donors (Lipinski definition) is 1. The van der Waals surface area contributed by atoms with Gasteiger partial charge in [0.05, 0.1) is 13.2 Å². The van der Waals surface area contributed by atoms with Crippen molar-refractivity contribution < 1.29 is 23.2 Å². The first-order chi connectivity index (χ1) is 11.1.